The lowest BCUT2D eigenvalue weighted by molar-refractivity contribution is 0.111. The van der Waals surface area contributed by atoms with E-state index < -0.39 is 0 Å². The quantitative estimate of drug-likeness (QED) is 0.922. The Kier molecular flexibility index (Phi) is 4.31. The number of hydrogen-bond donors (Lipinski definition) is 1. The van der Waals surface area contributed by atoms with Crippen LogP contribution in [0, 0.1) is 0 Å². The Bertz CT molecular complexity index is 402. The van der Waals surface area contributed by atoms with E-state index in [9.17, 15) is 0 Å². The molecule has 1 aromatic heterocycles. The summed E-state index contributed by atoms with van der Waals surface area (Å²) in [5.74, 6) is 0. The molecular weight excluding hydrogens is 260 g/mol. The van der Waals surface area contributed by atoms with Crippen LogP contribution in [0.4, 0.5) is 0 Å². The normalized spacial score (nSPS) is 28.7. The molecule has 0 amide bonds. The second-order valence-electron chi connectivity index (χ2n) is 5.57. The van der Waals surface area contributed by atoms with Crippen LogP contribution in [-0.4, -0.2) is 40.0 Å². The zero-order valence-corrected chi connectivity index (χ0v) is 11.9. The molecule has 0 saturated carbocycles. The summed E-state index contributed by atoms with van der Waals surface area (Å²) in [5, 5.41) is 4.12. The van der Waals surface area contributed by atoms with Gasteiger partial charge in [0.05, 0.1) is 18.1 Å². The van der Waals surface area contributed by atoms with Gasteiger partial charge in [0.1, 0.15) is 5.15 Å². The summed E-state index contributed by atoms with van der Waals surface area (Å²) < 4.78 is 0. The second kappa shape index (κ2) is 6.16. The van der Waals surface area contributed by atoms with Crippen molar-refractivity contribution < 1.29 is 0 Å². The topological polar surface area (TPSA) is 41.1 Å². The number of likely N-dealkylation sites (tertiary alicyclic amines) is 1. The van der Waals surface area contributed by atoms with E-state index in [0.717, 1.165) is 12.2 Å². The zero-order chi connectivity index (χ0) is 13.1. The van der Waals surface area contributed by atoms with Gasteiger partial charge in [-0.15, -0.1) is 0 Å². The minimum atomic E-state index is 0.469. The highest BCUT2D eigenvalue weighted by molar-refractivity contribution is 6.29. The number of piperidine rings is 1. The van der Waals surface area contributed by atoms with E-state index in [0.29, 0.717) is 17.2 Å². The molecule has 19 heavy (non-hydrogen) atoms. The third-order valence-electron chi connectivity index (χ3n) is 4.27. The van der Waals surface area contributed by atoms with Gasteiger partial charge in [0.15, 0.2) is 0 Å². The lowest BCUT2D eigenvalue weighted by Crippen LogP contribution is -2.49. The van der Waals surface area contributed by atoms with Crippen molar-refractivity contribution in [1.29, 1.82) is 0 Å². The largest absolute Gasteiger partial charge is 0.312 e. The molecular formula is C14H21ClN4. The summed E-state index contributed by atoms with van der Waals surface area (Å²) in [5.41, 5.74) is 1.02. The molecule has 0 aliphatic carbocycles. The van der Waals surface area contributed by atoms with Crippen molar-refractivity contribution in [1.82, 2.24) is 20.2 Å². The van der Waals surface area contributed by atoms with Crippen LogP contribution in [0.1, 0.15) is 37.8 Å². The molecule has 0 aromatic carbocycles. The molecule has 2 saturated heterocycles. The maximum atomic E-state index is 5.79. The highest BCUT2D eigenvalue weighted by Crippen LogP contribution is 2.25. The van der Waals surface area contributed by atoms with Gasteiger partial charge in [-0.05, 0) is 38.8 Å². The smallest absolute Gasteiger partial charge is 0.147 e. The first kappa shape index (κ1) is 13.3. The van der Waals surface area contributed by atoms with E-state index in [-0.39, 0.29) is 0 Å². The number of rotatable bonds is 3. The van der Waals surface area contributed by atoms with Gasteiger partial charge < -0.3 is 5.32 Å². The van der Waals surface area contributed by atoms with Crippen LogP contribution >= 0.6 is 11.6 Å². The molecule has 104 valence electrons. The molecule has 5 heteroatoms. The summed E-state index contributed by atoms with van der Waals surface area (Å²) in [4.78, 5) is 11.1. The summed E-state index contributed by atoms with van der Waals surface area (Å²) in [7, 11) is 0. The lowest BCUT2D eigenvalue weighted by Gasteiger charge is -2.39. The molecule has 0 spiro atoms. The Labute approximate surface area is 119 Å². The van der Waals surface area contributed by atoms with Crippen LogP contribution in [0.15, 0.2) is 12.4 Å². The number of nitrogens with zero attached hydrogens (tertiary/aromatic N) is 3. The molecule has 3 heterocycles. The van der Waals surface area contributed by atoms with Crippen molar-refractivity contribution in [3.8, 4) is 0 Å². The van der Waals surface area contributed by atoms with E-state index in [2.05, 4.69) is 20.2 Å². The molecule has 2 aliphatic rings. The van der Waals surface area contributed by atoms with Gasteiger partial charge in [-0.1, -0.05) is 18.0 Å². The van der Waals surface area contributed by atoms with Crippen molar-refractivity contribution in [2.75, 3.05) is 13.1 Å². The highest BCUT2D eigenvalue weighted by Gasteiger charge is 2.31. The lowest BCUT2D eigenvalue weighted by atomic mass is 9.94. The predicted octanol–water partition coefficient (Wildman–Crippen LogP) is 2.24. The van der Waals surface area contributed by atoms with Crippen molar-refractivity contribution in [3.05, 3.63) is 23.2 Å². The van der Waals surface area contributed by atoms with E-state index in [4.69, 9.17) is 11.6 Å². The third kappa shape index (κ3) is 3.25. The minimum Gasteiger partial charge on any atom is -0.312 e. The van der Waals surface area contributed by atoms with Crippen LogP contribution in [0.5, 0.6) is 0 Å². The van der Waals surface area contributed by atoms with Gasteiger partial charge in [0.25, 0.3) is 0 Å². The van der Waals surface area contributed by atoms with E-state index in [1.165, 1.54) is 45.2 Å². The number of nitrogens with one attached hydrogen (secondary N) is 1. The van der Waals surface area contributed by atoms with E-state index >= 15 is 0 Å². The summed E-state index contributed by atoms with van der Waals surface area (Å²) in [6.07, 6.45) is 10.0. The molecule has 4 nitrogen and oxygen atoms in total. The number of halogens is 1. The van der Waals surface area contributed by atoms with Crippen LogP contribution in [0.25, 0.3) is 0 Å². The maximum absolute atomic E-state index is 5.79. The Morgan fingerprint density at radius 2 is 2.16 bits per heavy atom. The molecule has 2 atom stereocenters. The fourth-order valence-electron chi connectivity index (χ4n) is 3.34. The maximum Gasteiger partial charge on any atom is 0.147 e. The fourth-order valence-corrected chi connectivity index (χ4v) is 3.44. The van der Waals surface area contributed by atoms with Crippen molar-refractivity contribution >= 4 is 11.6 Å². The monoisotopic (exact) mass is 280 g/mol. The van der Waals surface area contributed by atoms with Gasteiger partial charge in [-0.2, -0.15) is 0 Å². The van der Waals surface area contributed by atoms with Gasteiger partial charge in [0, 0.05) is 18.6 Å². The van der Waals surface area contributed by atoms with Crippen LogP contribution < -0.4 is 5.32 Å². The van der Waals surface area contributed by atoms with Crippen molar-refractivity contribution in [2.24, 2.45) is 0 Å². The Hall–Kier alpha value is -0.710. The molecule has 1 N–H and O–H groups in total. The van der Waals surface area contributed by atoms with E-state index in [1.807, 2.05) is 0 Å². The summed E-state index contributed by atoms with van der Waals surface area (Å²) in [6, 6.07) is 1.33. The van der Waals surface area contributed by atoms with Crippen molar-refractivity contribution in [2.45, 2.75) is 50.7 Å². The SMILES string of the molecule is Clc1cnc(CN2CCCCC2C2CCCN2)cn1. The van der Waals surface area contributed by atoms with Crippen LogP contribution in [-0.2, 0) is 6.54 Å². The Morgan fingerprint density at radius 1 is 1.21 bits per heavy atom. The van der Waals surface area contributed by atoms with Gasteiger partial charge in [-0.25, -0.2) is 4.98 Å². The number of hydrogen-bond acceptors (Lipinski definition) is 4. The van der Waals surface area contributed by atoms with Gasteiger partial charge >= 0.3 is 0 Å². The fraction of sp³-hybridized carbons (Fsp3) is 0.714. The summed E-state index contributed by atoms with van der Waals surface area (Å²) >= 11 is 5.79. The molecule has 0 radical (unpaired) electrons. The standard InChI is InChI=1S/C14H21ClN4/c15-14-9-17-11(8-18-14)10-19-7-2-1-5-13(19)12-4-3-6-16-12/h8-9,12-13,16H,1-7,10H2. The predicted molar refractivity (Wildman–Crippen MR) is 76.1 cm³/mol. The van der Waals surface area contributed by atoms with Crippen molar-refractivity contribution in [3.63, 3.8) is 0 Å². The Morgan fingerprint density at radius 3 is 2.89 bits per heavy atom. The molecule has 2 fully saturated rings. The molecule has 3 rings (SSSR count). The van der Waals surface area contributed by atoms with Crippen LogP contribution in [0.2, 0.25) is 5.15 Å². The first-order valence-electron chi connectivity index (χ1n) is 7.27. The molecule has 1 aromatic rings. The second-order valence-corrected chi connectivity index (χ2v) is 5.95. The van der Waals surface area contributed by atoms with Gasteiger partial charge in [0.2, 0.25) is 0 Å². The summed E-state index contributed by atoms with van der Waals surface area (Å²) in [6.45, 7) is 3.25. The zero-order valence-electron chi connectivity index (χ0n) is 11.2. The van der Waals surface area contributed by atoms with Crippen LogP contribution in [0.3, 0.4) is 0 Å². The first-order valence-corrected chi connectivity index (χ1v) is 7.64. The molecule has 0 bridgehead atoms. The Balaban J connectivity index is 1.67. The average molecular weight is 281 g/mol. The third-order valence-corrected chi connectivity index (χ3v) is 4.46. The highest BCUT2D eigenvalue weighted by atomic mass is 35.5. The first-order chi connectivity index (χ1) is 9.33. The van der Waals surface area contributed by atoms with Gasteiger partial charge in [-0.3, -0.25) is 9.88 Å². The minimum absolute atomic E-state index is 0.469. The number of aromatic nitrogens is 2. The average Bonchev–Trinajstić information content (AvgIpc) is 2.96. The van der Waals surface area contributed by atoms with E-state index in [1.54, 1.807) is 12.4 Å². The molecule has 2 aliphatic heterocycles. The molecule has 2 unspecified atom stereocenters.